The maximum absolute atomic E-state index is 13.8. The first-order chi connectivity index (χ1) is 9.78. The molecule has 2 rings (SSSR count). The largest absolute Gasteiger partial charge is 0.491 e. The Morgan fingerprint density at radius 2 is 2.19 bits per heavy atom. The Balaban J connectivity index is 2.01. The van der Waals surface area contributed by atoms with Crippen molar-refractivity contribution in [2.45, 2.75) is 19.4 Å². The summed E-state index contributed by atoms with van der Waals surface area (Å²) in [4.78, 5) is 11.9. The van der Waals surface area contributed by atoms with Crippen LogP contribution in [0.25, 0.3) is 0 Å². The summed E-state index contributed by atoms with van der Waals surface area (Å²) < 4.78 is 48.3. The third kappa shape index (κ3) is 4.27. The number of carbonyl (C=O) groups excluding carboxylic acids is 1. The Kier molecular flexibility index (Phi) is 5.05. The highest BCUT2D eigenvalue weighted by Gasteiger charge is 2.29. The Hall–Kier alpha value is -0.935. The molecule has 1 aromatic carbocycles. The first-order valence-corrected chi connectivity index (χ1v) is 8.99. The number of rotatable bonds is 6. The molecule has 1 aliphatic heterocycles. The van der Waals surface area contributed by atoms with Gasteiger partial charge < -0.3 is 9.68 Å². The maximum atomic E-state index is 13.8. The normalized spacial score (nSPS) is 14.3. The van der Waals surface area contributed by atoms with Gasteiger partial charge in [0.2, 0.25) is 0 Å². The lowest BCUT2D eigenvalue weighted by molar-refractivity contribution is 0.0978. The van der Waals surface area contributed by atoms with Crippen LogP contribution in [0.1, 0.15) is 28.8 Å². The maximum Gasteiger partial charge on any atom is 0.491 e. The topological polar surface area (TPSA) is 101 Å². The molecule has 0 atom stereocenters. The third-order valence-electron chi connectivity index (χ3n) is 2.97. The zero-order valence-electron chi connectivity index (χ0n) is 10.8. The molecule has 0 spiro atoms. The molecule has 114 valence electrons. The van der Waals surface area contributed by atoms with Gasteiger partial charge in [-0.15, -0.1) is 0 Å². The van der Waals surface area contributed by atoms with Gasteiger partial charge in [0.15, 0.2) is 5.78 Å². The van der Waals surface area contributed by atoms with Crippen LogP contribution in [0.5, 0.6) is 0 Å². The SMILES string of the molecule is O=C(CCCSS(=O)(=O)O)c1cc2c(cc1F)COB2O. The zero-order valence-corrected chi connectivity index (χ0v) is 12.4. The molecular formula is C11H12BFO6S2. The second-order valence-corrected chi connectivity index (χ2v) is 7.94. The molecule has 0 fully saturated rings. The van der Waals surface area contributed by atoms with Crippen LogP contribution >= 0.6 is 10.8 Å². The van der Waals surface area contributed by atoms with Crippen molar-refractivity contribution >= 4 is 38.3 Å². The average molecular weight is 334 g/mol. The van der Waals surface area contributed by atoms with Crippen molar-refractivity contribution in [2.24, 2.45) is 0 Å². The molecule has 0 amide bonds. The highest BCUT2D eigenvalue weighted by molar-refractivity contribution is 8.69. The van der Waals surface area contributed by atoms with Crippen LogP contribution in [0, 0.1) is 5.82 Å². The van der Waals surface area contributed by atoms with Gasteiger partial charge in [-0.2, -0.15) is 8.42 Å². The van der Waals surface area contributed by atoms with Gasteiger partial charge in [0.05, 0.1) is 12.2 Å². The Morgan fingerprint density at radius 3 is 2.86 bits per heavy atom. The smallest absolute Gasteiger partial charge is 0.423 e. The van der Waals surface area contributed by atoms with E-state index in [9.17, 15) is 22.6 Å². The van der Waals surface area contributed by atoms with Gasteiger partial charge in [-0.3, -0.25) is 9.35 Å². The first kappa shape index (κ1) is 16.4. The number of hydrogen-bond donors (Lipinski definition) is 2. The predicted molar refractivity (Wildman–Crippen MR) is 76.4 cm³/mol. The molecule has 2 N–H and O–H groups in total. The highest BCUT2D eigenvalue weighted by Crippen LogP contribution is 2.18. The van der Waals surface area contributed by atoms with E-state index < -0.39 is 27.9 Å². The van der Waals surface area contributed by atoms with E-state index in [0.29, 0.717) is 21.8 Å². The molecule has 1 heterocycles. The van der Waals surface area contributed by atoms with Crippen molar-refractivity contribution < 1.29 is 31.8 Å². The van der Waals surface area contributed by atoms with Crippen molar-refractivity contribution in [1.82, 2.24) is 0 Å². The van der Waals surface area contributed by atoms with E-state index in [1.54, 1.807) is 0 Å². The van der Waals surface area contributed by atoms with E-state index >= 15 is 0 Å². The molecular weight excluding hydrogens is 322 g/mol. The van der Waals surface area contributed by atoms with Crippen LogP contribution in [-0.2, 0) is 20.4 Å². The van der Waals surface area contributed by atoms with Gasteiger partial charge in [-0.05, 0) is 40.4 Å². The van der Waals surface area contributed by atoms with E-state index in [1.165, 1.54) is 6.07 Å². The standard InChI is InChI=1S/C11H12BFO6S2/c13-10-4-7-6-19-12(15)9(7)5-8(10)11(14)2-1-3-20-21(16,17)18/h4-5,15H,1-3,6H2,(H,16,17,18). The molecule has 6 nitrogen and oxygen atoms in total. The minimum Gasteiger partial charge on any atom is -0.423 e. The second-order valence-electron chi connectivity index (χ2n) is 4.47. The van der Waals surface area contributed by atoms with E-state index in [2.05, 4.69) is 0 Å². The Bertz CT molecular complexity index is 663. The monoisotopic (exact) mass is 334 g/mol. The van der Waals surface area contributed by atoms with Gasteiger partial charge in [0.25, 0.3) is 0 Å². The third-order valence-corrected chi connectivity index (χ3v) is 5.12. The quantitative estimate of drug-likeness (QED) is 0.257. The molecule has 1 aromatic rings. The van der Waals surface area contributed by atoms with Crippen molar-refractivity contribution in [2.75, 3.05) is 5.75 Å². The van der Waals surface area contributed by atoms with Gasteiger partial charge >= 0.3 is 16.3 Å². The lowest BCUT2D eigenvalue weighted by Gasteiger charge is -2.06. The molecule has 0 aliphatic carbocycles. The molecule has 0 saturated heterocycles. The van der Waals surface area contributed by atoms with E-state index in [1.807, 2.05) is 0 Å². The number of hydrogen-bond acceptors (Lipinski definition) is 6. The number of ketones is 1. The summed E-state index contributed by atoms with van der Waals surface area (Å²) in [6.45, 7) is 0.0902. The summed E-state index contributed by atoms with van der Waals surface area (Å²) >= 11 is 0. The molecule has 0 radical (unpaired) electrons. The van der Waals surface area contributed by atoms with Crippen LogP contribution in [0.4, 0.5) is 4.39 Å². The summed E-state index contributed by atoms with van der Waals surface area (Å²) in [6, 6.07) is 2.42. The summed E-state index contributed by atoms with van der Waals surface area (Å²) in [5, 5.41) is 9.53. The van der Waals surface area contributed by atoms with Gasteiger partial charge in [0, 0.05) is 12.2 Å². The van der Waals surface area contributed by atoms with Crippen LogP contribution in [0.15, 0.2) is 12.1 Å². The second kappa shape index (κ2) is 6.45. The van der Waals surface area contributed by atoms with Gasteiger partial charge in [-0.1, -0.05) is 0 Å². The Labute approximate surface area is 125 Å². The number of benzene rings is 1. The molecule has 1 aliphatic rings. The number of fused-ring (bicyclic) bond motifs is 1. The lowest BCUT2D eigenvalue weighted by Crippen LogP contribution is -2.29. The lowest BCUT2D eigenvalue weighted by atomic mass is 9.78. The van der Waals surface area contributed by atoms with Crippen molar-refractivity contribution in [3.05, 3.63) is 29.1 Å². The summed E-state index contributed by atoms with van der Waals surface area (Å²) in [5.74, 6) is -1.16. The van der Waals surface area contributed by atoms with E-state index in [0.717, 1.165) is 6.07 Å². The fraction of sp³-hybridized carbons (Fsp3) is 0.364. The molecule has 21 heavy (non-hydrogen) atoms. The molecule has 0 aromatic heterocycles. The zero-order chi connectivity index (χ0) is 15.6. The molecule has 0 unspecified atom stereocenters. The van der Waals surface area contributed by atoms with Crippen LogP contribution in [-0.4, -0.2) is 36.6 Å². The molecule has 10 heteroatoms. The van der Waals surface area contributed by atoms with E-state index in [4.69, 9.17) is 9.21 Å². The molecule has 0 saturated carbocycles. The molecule has 0 bridgehead atoms. The van der Waals surface area contributed by atoms with Crippen LogP contribution in [0.3, 0.4) is 0 Å². The van der Waals surface area contributed by atoms with Crippen molar-refractivity contribution in [3.8, 4) is 0 Å². The summed E-state index contributed by atoms with van der Waals surface area (Å²) in [5.41, 5.74) is 0.709. The predicted octanol–water partition coefficient (Wildman–Crippen LogP) is 0.542. The van der Waals surface area contributed by atoms with Crippen LogP contribution < -0.4 is 5.46 Å². The summed E-state index contributed by atoms with van der Waals surface area (Å²) in [6.07, 6.45) is 0.119. The fourth-order valence-electron chi connectivity index (χ4n) is 1.99. The van der Waals surface area contributed by atoms with E-state index in [-0.39, 0.29) is 30.8 Å². The van der Waals surface area contributed by atoms with Crippen molar-refractivity contribution in [1.29, 1.82) is 0 Å². The number of Topliss-reactive ketones (excluding diaryl/α,β-unsaturated/α-hetero) is 1. The minimum absolute atomic E-state index is 0.0306. The fourth-order valence-corrected chi connectivity index (χ4v) is 3.45. The first-order valence-electron chi connectivity index (χ1n) is 6.05. The van der Waals surface area contributed by atoms with Gasteiger partial charge in [-0.25, -0.2) is 4.39 Å². The highest BCUT2D eigenvalue weighted by atomic mass is 33.1. The average Bonchev–Trinajstić information content (AvgIpc) is 2.73. The summed E-state index contributed by atoms with van der Waals surface area (Å²) in [7, 11) is -4.98. The van der Waals surface area contributed by atoms with Gasteiger partial charge in [0.1, 0.15) is 5.82 Å². The Morgan fingerprint density at radius 1 is 1.48 bits per heavy atom. The number of halogens is 1. The van der Waals surface area contributed by atoms with Crippen LogP contribution in [0.2, 0.25) is 0 Å². The number of carbonyl (C=O) groups is 1. The minimum atomic E-state index is -4.13. The van der Waals surface area contributed by atoms with Crippen molar-refractivity contribution in [3.63, 3.8) is 0 Å².